The van der Waals surface area contributed by atoms with E-state index in [2.05, 4.69) is 10.3 Å². The molecule has 1 aliphatic rings. The first-order valence-corrected chi connectivity index (χ1v) is 8.08. The molecular formula is C16H20N2O3S. The zero-order valence-corrected chi connectivity index (χ0v) is 13.4. The minimum atomic E-state index is -0.0935. The van der Waals surface area contributed by atoms with Gasteiger partial charge in [0.25, 0.3) is 10.7 Å². The Morgan fingerprint density at radius 3 is 3.18 bits per heavy atom. The monoisotopic (exact) mass is 320 g/mol. The maximum absolute atomic E-state index is 12.3. The number of hydrogen-bond donors (Lipinski definition) is 2. The summed E-state index contributed by atoms with van der Waals surface area (Å²) in [6, 6.07) is 5.40. The van der Waals surface area contributed by atoms with Crippen LogP contribution in [-0.4, -0.2) is 29.6 Å². The van der Waals surface area contributed by atoms with Gasteiger partial charge in [-0.2, -0.15) is 0 Å². The molecule has 1 fully saturated rings. The Morgan fingerprint density at radius 2 is 2.41 bits per heavy atom. The second kappa shape index (κ2) is 6.62. The fourth-order valence-corrected chi connectivity index (χ4v) is 2.97. The first-order valence-electron chi connectivity index (χ1n) is 7.67. The van der Waals surface area contributed by atoms with Crippen LogP contribution in [0.1, 0.15) is 43.0 Å². The molecule has 0 spiro atoms. The van der Waals surface area contributed by atoms with E-state index in [1.165, 1.54) is 0 Å². The molecule has 0 saturated carbocycles. The van der Waals surface area contributed by atoms with Crippen molar-refractivity contribution in [3.05, 3.63) is 28.6 Å². The summed E-state index contributed by atoms with van der Waals surface area (Å²) < 4.78 is 10.9. The highest BCUT2D eigenvalue weighted by molar-refractivity contribution is 7.71. The van der Waals surface area contributed by atoms with Crippen molar-refractivity contribution < 1.29 is 13.9 Å². The highest BCUT2D eigenvalue weighted by Crippen LogP contribution is 2.18. The molecule has 1 aromatic heterocycles. The van der Waals surface area contributed by atoms with Crippen molar-refractivity contribution in [1.29, 1.82) is 0 Å². The zero-order valence-electron chi connectivity index (χ0n) is 12.6. The van der Waals surface area contributed by atoms with Gasteiger partial charge in [0.15, 0.2) is 5.58 Å². The number of ether oxygens (including phenoxy) is 1. The van der Waals surface area contributed by atoms with Crippen LogP contribution in [0, 0.1) is 4.84 Å². The lowest BCUT2D eigenvalue weighted by molar-refractivity contribution is 0.0899. The number of carbonyl (C=O) groups is 1. The Morgan fingerprint density at radius 1 is 1.55 bits per heavy atom. The molecule has 0 aliphatic carbocycles. The normalized spacial score (nSPS) is 19.4. The SMILES string of the molecule is CC(CCC1CCCO1)NC(=O)c1ccc2[nH]c(=S)oc2c1. The van der Waals surface area contributed by atoms with Crippen LogP contribution in [0.2, 0.25) is 0 Å². The molecule has 1 aromatic carbocycles. The van der Waals surface area contributed by atoms with Crippen LogP contribution in [0.5, 0.6) is 0 Å². The summed E-state index contributed by atoms with van der Waals surface area (Å²) in [5.41, 5.74) is 1.98. The van der Waals surface area contributed by atoms with Crippen molar-refractivity contribution in [2.45, 2.75) is 44.8 Å². The highest BCUT2D eigenvalue weighted by atomic mass is 32.1. The minimum absolute atomic E-state index is 0.0935. The van der Waals surface area contributed by atoms with Gasteiger partial charge in [-0.15, -0.1) is 0 Å². The Bertz CT molecular complexity index is 715. The molecule has 2 unspecified atom stereocenters. The third-order valence-electron chi connectivity index (χ3n) is 4.01. The number of hydrogen-bond acceptors (Lipinski definition) is 4. The summed E-state index contributed by atoms with van der Waals surface area (Å²) >= 11 is 4.94. The van der Waals surface area contributed by atoms with E-state index in [9.17, 15) is 4.79 Å². The Kier molecular flexibility index (Phi) is 4.59. The molecule has 2 heterocycles. The first kappa shape index (κ1) is 15.2. The van der Waals surface area contributed by atoms with Crippen LogP contribution in [0.15, 0.2) is 22.6 Å². The molecular weight excluding hydrogens is 300 g/mol. The van der Waals surface area contributed by atoms with Gasteiger partial charge in [-0.3, -0.25) is 4.79 Å². The minimum Gasteiger partial charge on any atom is -0.429 e. The fourth-order valence-electron chi connectivity index (χ4n) is 2.77. The smallest absolute Gasteiger partial charge is 0.266 e. The second-order valence-electron chi connectivity index (χ2n) is 5.81. The van der Waals surface area contributed by atoms with Crippen LogP contribution in [-0.2, 0) is 4.74 Å². The molecule has 1 aliphatic heterocycles. The fraction of sp³-hybridized carbons (Fsp3) is 0.500. The van der Waals surface area contributed by atoms with Crippen LogP contribution >= 0.6 is 12.2 Å². The molecule has 22 heavy (non-hydrogen) atoms. The van der Waals surface area contributed by atoms with Crippen molar-refractivity contribution in [2.24, 2.45) is 0 Å². The average molecular weight is 320 g/mol. The summed E-state index contributed by atoms with van der Waals surface area (Å²) in [7, 11) is 0. The first-order chi connectivity index (χ1) is 10.6. The number of H-pyrrole nitrogens is 1. The topological polar surface area (TPSA) is 67.3 Å². The molecule has 118 valence electrons. The Labute approximate surface area is 134 Å². The van der Waals surface area contributed by atoms with Crippen molar-refractivity contribution >= 4 is 29.2 Å². The Hall–Kier alpha value is -1.66. The third-order valence-corrected chi connectivity index (χ3v) is 4.19. The number of carbonyl (C=O) groups excluding carboxylic acids is 1. The summed E-state index contributed by atoms with van der Waals surface area (Å²) in [6.45, 7) is 2.89. The standard InChI is InChI=1S/C16H20N2O3S/c1-10(4-6-12-3-2-8-20-12)17-15(19)11-5-7-13-14(9-11)21-16(22)18-13/h5,7,9-10,12H,2-4,6,8H2,1H3,(H,17,19)(H,18,22). The highest BCUT2D eigenvalue weighted by Gasteiger charge is 2.17. The molecule has 3 rings (SSSR count). The largest absolute Gasteiger partial charge is 0.429 e. The summed E-state index contributed by atoms with van der Waals surface area (Å²) in [6.07, 6.45) is 4.56. The van der Waals surface area contributed by atoms with E-state index in [0.717, 1.165) is 37.8 Å². The molecule has 1 saturated heterocycles. The van der Waals surface area contributed by atoms with E-state index in [-0.39, 0.29) is 11.9 Å². The van der Waals surface area contributed by atoms with Gasteiger partial charge in [-0.1, -0.05) is 0 Å². The van der Waals surface area contributed by atoms with Crippen molar-refractivity contribution in [3.63, 3.8) is 0 Å². The van der Waals surface area contributed by atoms with Crippen molar-refractivity contribution in [3.8, 4) is 0 Å². The van der Waals surface area contributed by atoms with Gasteiger partial charge >= 0.3 is 0 Å². The number of fused-ring (bicyclic) bond motifs is 1. The van der Waals surface area contributed by atoms with Gasteiger partial charge in [-0.05, 0) is 63.0 Å². The molecule has 0 radical (unpaired) electrons. The molecule has 5 nitrogen and oxygen atoms in total. The number of aromatic amines is 1. The van der Waals surface area contributed by atoms with E-state index in [4.69, 9.17) is 21.4 Å². The predicted octanol–water partition coefficient (Wildman–Crippen LogP) is 3.57. The van der Waals surface area contributed by atoms with Crippen LogP contribution in [0.25, 0.3) is 11.1 Å². The molecule has 2 N–H and O–H groups in total. The maximum atomic E-state index is 12.3. The van der Waals surface area contributed by atoms with Gasteiger partial charge in [-0.25, -0.2) is 0 Å². The molecule has 1 amide bonds. The molecule has 0 bridgehead atoms. The summed E-state index contributed by atoms with van der Waals surface area (Å²) in [5, 5.41) is 3.02. The van der Waals surface area contributed by atoms with E-state index < -0.39 is 0 Å². The number of nitrogens with one attached hydrogen (secondary N) is 2. The summed E-state index contributed by atoms with van der Waals surface area (Å²) in [4.78, 5) is 15.5. The average Bonchev–Trinajstić information content (AvgIpc) is 3.12. The third kappa shape index (κ3) is 3.56. The van der Waals surface area contributed by atoms with Crippen LogP contribution < -0.4 is 5.32 Å². The number of rotatable bonds is 5. The molecule has 2 aromatic rings. The number of oxazole rings is 1. The Balaban J connectivity index is 1.58. The van der Waals surface area contributed by atoms with Gasteiger partial charge < -0.3 is 19.5 Å². The van der Waals surface area contributed by atoms with E-state index >= 15 is 0 Å². The van der Waals surface area contributed by atoms with E-state index in [0.29, 0.717) is 22.1 Å². The summed E-state index contributed by atoms with van der Waals surface area (Å²) in [5.74, 6) is -0.0935. The van der Waals surface area contributed by atoms with Crippen molar-refractivity contribution in [2.75, 3.05) is 6.61 Å². The number of amides is 1. The molecule has 6 heteroatoms. The van der Waals surface area contributed by atoms with Gasteiger partial charge in [0, 0.05) is 18.2 Å². The van der Waals surface area contributed by atoms with Gasteiger partial charge in [0.2, 0.25) is 0 Å². The predicted molar refractivity (Wildman–Crippen MR) is 86.5 cm³/mol. The lowest BCUT2D eigenvalue weighted by Crippen LogP contribution is -2.33. The lowest BCUT2D eigenvalue weighted by atomic mass is 10.1. The number of aromatic nitrogens is 1. The van der Waals surface area contributed by atoms with E-state index in [1.54, 1.807) is 18.2 Å². The van der Waals surface area contributed by atoms with Crippen molar-refractivity contribution in [1.82, 2.24) is 10.3 Å². The van der Waals surface area contributed by atoms with Crippen LogP contribution in [0.4, 0.5) is 0 Å². The van der Waals surface area contributed by atoms with Gasteiger partial charge in [0.1, 0.15) is 0 Å². The van der Waals surface area contributed by atoms with Crippen LogP contribution in [0.3, 0.4) is 0 Å². The lowest BCUT2D eigenvalue weighted by Gasteiger charge is -2.16. The quantitative estimate of drug-likeness (QED) is 0.827. The van der Waals surface area contributed by atoms with E-state index in [1.807, 2.05) is 6.92 Å². The molecule has 2 atom stereocenters. The maximum Gasteiger partial charge on any atom is 0.266 e. The van der Waals surface area contributed by atoms with Gasteiger partial charge in [0.05, 0.1) is 11.6 Å². The second-order valence-corrected chi connectivity index (χ2v) is 6.18. The number of benzene rings is 1. The zero-order chi connectivity index (χ0) is 15.5.